The van der Waals surface area contributed by atoms with Gasteiger partial charge in [-0.25, -0.2) is 8.78 Å². The molecule has 0 bridgehead atoms. The molecule has 0 heterocycles. The van der Waals surface area contributed by atoms with Gasteiger partial charge in [-0.1, -0.05) is 6.07 Å². The zero-order valence-corrected chi connectivity index (χ0v) is 11.2. The molecule has 0 fully saturated rings. The Morgan fingerprint density at radius 3 is 2.56 bits per heavy atom. The lowest BCUT2D eigenvalue weighted by atomic mass is 10.2. The van der Waals surface area contributed by atoms with E-state index < -0.39 is 11.6 Å². The van der Waals surface area contributed by atoms with Crippen LogP contribution in [0.15, 0.2) is 18.2 Å². The lowest BCUT2D eigenvalue weighted by Crippen LogP contribution is -2.28. The Morgan fingerprint density at radius 1 is 1.33 bits per heavy atom. The Labute approximate surface area is 112 Å². The molecule has 102 valence electrons. The van der Waals surface area contributed by atoms with Crippen molar-refractivity contribution in [3.05, 3.63) is 35.4 Å². The molecule has 1 amide bonds. The van der Waals surface area contributed by atoms with E-state index in [9.17, 15) is 13.6 Å². The van der Waals surface area contributed by atoms with E-state index in [1.807, 2.05) is 0 Å². The fraction of sp³-hybridized carbons (Fsp3) is 0.417. The van der Waals surface area contributed by atoms with Gasteiger partial charge in [-0.2, -0.15) is 0 Å². The summed E-state index contributed by atoms with van der Waals surface area (Å²) in [4.78, 5) is 13.1. The van der Waals surface area contributed by atoms with E-state index in [1.54, 1.807) is 14.1 Å². The molecule has 1 N–H and O–H groups in total. The van der Waals surface area contributed by atoms with Crippen molar-refractivity contribution in [3.8, 4) is 0 Å². The number of nitrogens with one attached hydrogen (secondary N) is 1. The molecule has 6 heteroatoms. The molecular formula is C12H17ClF2N2O. The predicted molar refractivity (Wildman–Crippen MR) is 68.6 cm³/mol. The van der Waals surface area contributed by atoms with Crippen LogP contribution in [0.3, 0.4) is 0 Å². The average Bonchev–Trinajstić information content (AvgIpc) is 2.30. The molecule has 0 atom stereocenters. The lowest BCUT2D eigenvalue weighted by molar-refractivity contribution is -0.130. The first-order valence-electron chi connectivity index (χ1n) is 5.37. The maximum atomic E-state index is 12.9. The van der Waals surface area contributed by atoms with Gasteiger partial charge in [0.1, 0.15) is 0 Å². The molecule has 1 rings (SSSR count). The number of halogens is 3. The van der Waals surface area contributed by atoms with Gasteiger partial charge in [-0.15, -0.1) is 12.4 Å². The highest BCUT2D eigenvalue weighted by atomic mass is 35.5. The second-order valence-corrected chi connectivity index (χ2v) is 3.85. The first-order chi connectivity index (χ1) is 8.04. The highest BCUT2D eigenvalue weighted by Gasteiger charge is 2.10. The van der Waals surface area contributed by atoms with Crippen molar-refractivity contribution in [2.24, 2.45) is 0 Å². The SMILES string of the molecule is CNCCC(=O)N(C)Cc1ccc(F)c(F)c1.Cl. The van der Waals surface area contributed by atoms with E-state index in [4.69, 9.17) is 0 Å². The van der Waals surface area contributed by atoms with Gasteiger partial charge < -0.3 is 10.2 Å². The third-order valence-electron chi connectivity index (χ3n) is 2.42. The number of hydrogen-bond acceptors (Lipinski definition) is 2. The molecule has 0 saturated carbocycles. The molecule has 0 radical (unpaired) electrons. The van der Waals surface area contributed by atoms with Gasteiger partial charge in [0.25, 0.3) is 0 Å². The number of hydrogen-bond donors (Lipinski definition) is 1. The number of rotatable bonds is 5. The molecule has 0 unspecified atom stereocenters. The summed E-state index contributed by atoms with van der Waals surface area (Å²) in [6, 6.07) is 3.65. The summed E-state index contributed by atoms with van der Waals surface area (Å²) < 4.78 is 25.6. The Hall–Kier alpha value is -1.20. The summed E-state index contributed by atoms with van der Waals surface area (Å²) in [5.41, 5.74) is 0.573. The topological polar surface area (TPSA) is 32.3 Å². The van der Waals surface area contributed by atoms with Gasteiger partial charge in [0.2, 0.25) is 5.91 Å². The van der Waals surface area contributed by atoms with Crippen LogP contribution in [0.1, 0.15) is 12.0 Å². The van der Waals surface area contributed by atoms with E-state index >= 15 is 0 Å². The largest absolute Gasteiger partial charge is 0.341 e. The van der Waals surface area contributed by atoms with Crippen molar-refractivity contribution in [2.75, 3.05) is 20.6 Å². The number of benzene rings is 1. The minimum Gasteiger partial charge on any atom is -0.341 e. The van der Waals surface area contributed by atoms with Gasteiger partial charge in [-0.05, 0) is 24.7 Å². The van der Waals surface area contributed by atoms with Gasteiger partial charge in [0.15, 0.2) is 11.6 Å². The number of carbonyl (C=O) groups is 1. The van der Waals surface area contributed by atoms with Crippen LogP contribution in [0.2, 0.25) is 0 Å². The molecule has 3 nitrogen and oxygen atoms in total. The van der Waals surface area contributed by atoms with E-state index in [-0.39, 0.29) is 24.9 Å². The van der Waals surface area contributed by atoms with Crippen LogP contribution < -0.4 is 5.32 Å². The monoisotopic (exact) mass is 278 g/mol. The van der Waals surface area contributed by atoms with Crippen molar-refractivity contribution in [3.63, 3.8) is 0 Å². The molecule has 0 spiro atoms. The number of amides is 1. The normalized spacial score (nSPS) is 9.78. The van der Waals surface area contributed by atoms with Gasteiger partial charge in [-0.3, -0.25) is 4.79 Å². The van der Waals surface area contributed by atoms with Crippen LogP contribution in [0, 0.1) is 11.6 Å². The lowest BCUT2D eigenvalue weighted by Gasteiger charge is -2.17. The summed E-state index contributed by atoms with van der Waals surface area (Å²) >= 11 is 0. The fourth-order valence-electron chi connectivity index (χ4n) is 1.42. The summed E-state index contributed by atoms with van der Waals surface area (Å²) in [5.74, 6) is -1.81. The average molecular weight is 279 g/mol. The summed E-state index contributed by atoms with van der Waals surface area (Å²) in [5, 5.41) is 2.88. The second-order valence-electron chi connectivity index (χ2n) is 3.85. The Bertz CT molecular complexity index is 402. The van der Waals surface area contributed by atoms with Crippen molar-refractivity contribution >= 4 is 18.3 Å². The van der Waals surface area contributed by atoms with Crippen LogP contribution in [-0.2, 0) is 11.3 Å². The molecule has 1 aromatic rings. The zero-order valence-electron chi connectivity index (χ0n) is 10.4. The van der Waals surface area contributed by atoms with Crippen LogP contribution in [0.25, 0.3) is 0 Å². The fourth-order valence-corrected chi connectivity index (χ4v) is 1.42. The summed E-state index contributed by atoms with van der Waals surface area (Å²) in [6.07, 6.45) is 0.386. The third kappa shape index (κ3) is 4.98. The van der Waals surface area contributed by atoms with Gasteiger partial charge >= 0.3 is 0 Å². The maximum Gasteiger partial charge on any atom is 0.223 e. The van der Waals surface area contributed by atoms with Crippen molar-refractivity contribution in [1.29, 1.82) is 0 Å². The van der Waals surface area contributed by atoms with Crippen LogP contribution in [0.4, 0.5) is 8.78 Å². The molecule has 18 heavy (non-hydrogen) atoms. The Kier molecular flexibility index (Phi) is 7.47. The maximum absolute atomic E-state index is 12.9. The molecule has 0 aliphatic heterocycles. The molecular weight excluding hydrogens is 262 g/mol. The van der Waals surface area contributed by atoms with E-state index in [0.717, 1.165) is 12.1 Å². The smallest absolute Gasteiger partial charge is 0.223 e. The van der Waals surface area contributed by atoms with Gasteiger partial charge in [0, 0.05) is 26.6 Å². The summed E-state index contributed by atoms with van der Waals surface area (Å²) in [7, 11) is 3.40. The molecule has 0 aliphatic rings. The van der Waals surface area contributed by atoms with Crippen molar-refractivity contribution < 1.29 is 13.6 Å². The van der Waals surface area contributed by atoms with Crippen LogP contribution in [-0.4, -0.2) is 31.4 Å². The Morgan fingerprint density at radius 2 is 2.00 bits per heavy atom. The molecule has 0 aliphatic carbocycles. The predicted octanol–water partition coefficient (Wildman–Crippen LogP) is 1.95. The zero-order chi connectivity index (χ0) is 12.8. The standard InChI is InChI=1S/C12H16F2N2O.ClH/c1-15-6-5-12(17)16(2)8-9-3-4-10(13)11(14)7-9;/h3-4,7,15H,5-6,8H2,1-2H3;1H. The quantitative estimate of drug-likeness (QED) is 0.893. The van der Waals surface area contributed by atoms with E-state index in [1.165, 1.54) is 11.0 Å². The Balaban J connectivity index is 0.00000289. The minimum atomic E-state index is -0.890. The molecule has 1 aromatic carbocycles. The van der Waals surface area contributed by atoms with Crippen LogP contribution >= 0.6 is 12.4 Å². The van der Waals surface area contributed by atoms with Crippen molar-refractivity contribution in [2.45, 2.75) is 13.0 Å². The molecule has 0 aromatic heterocycles. The number of nitrogens with zero attached hydrogens (tertiary/aromatic N) is 1. The number of carbonyl (C=O) groups excluding carboxylic acids is 1. The molecule has 0 saturated heterocycles. The highest BCUT2D eigenvalue weighted by molar-refractivity contribution is 5.85. The van der Waals surface area contributed by atoms with E-state index in [0.29, 0.717) is 18.5 Å². The second kappa shape index (κ2) is 8.00. The first-order valence-corrected chi connectivity index (χ1v) is 5.37. The summed E-state index contributed by atoms with van der Waals surface area (Å²) in [6.45, 7) is 0.876. The first kappa shape index (κ1) is 16.8. The highest BCUT2D eigenvalue weighted by Crippen LogP contribution is 2.10. The van der Waals surface area contributed by atoms with Crippen molar-refractivity contribution in [1.82, 2.24) is 10.2 Å². The van der Waals surface area contributed by atoms with E-state index in [2.05, 4.69) is 5.32 Å². The third-order valence-corrected chi connectivity index (χ3v) is 2.42. The van der Waals surface area contributed by atoms with Crippen LogP contribution in [0.5, 0.6) is 0 Å². The minimum absolute atomic E-state index is 0. The van der Waals surface area contributed by atoms with Gasteiger partial charge in [0.05, 0.1) is 0 Å².